The zero-order valence-corrected chi connectivity index (χ0v) is 15.4. The molecule has 130 valence electrons. The molecule has 0 spiro atoms. The number of rotatable bonds is 3. The van der Waals surface area contributed by atoms with E-state index in [4.69, 9.17) is 0 Å². The maximum atomic E-state index is 12.6. The van der Waals surface area contributed by atoms with Crippen LogP contribution < -0.4 is 10.2 Å². The number of benzene rings is 2. The summed E-state index contributed by atoms with van der Waals surface area (Å²) in [5.74, 6) is -0.137. The van der Waals surface area contributed by atoms with Gasteiger partial charge in [-0.2, -0.15) is 0 Å². The first-order chi connectivity index (χ1) is 12.6. The van der Waals surface area contributed by atoms with Crippen LogP contribution in [0.25, 0.3) is 10.8 Å². The molecule has 2 aromatic carbocycles. The monoisotopic (exact) mass is 409 g/mol. The van der Waals surface area contributed by atoms with Gasteiger partial charge >= 0.3 is 0 Å². The van der Waals surface area contributed by atoms with E-state index in [-0.39, 0.29) is 18.2 Å². The number of hydrogen-bond donors (Lipinski definition) is 1. The van der Waals surface area contributed by atoms with E-state index in [0.29, 0.717) is 12.4 Å². The van der Waals surface area contributed by atoms with Crippen LogP contribution in [0.4, 0.5) is 11.5 Å². The summed E-state index contributed by atoms with van der Waals surface area (Å²) in [6.07, 6.45) is 1.82. The lowest BCUT2D eigenvalue weighted by Crippen LogP contribution is -2.28. The smallest absolute Gasteiger partial charge is 0.230 e. The van der Waals surface area contributed by atoms with E-state index in [1.54, 1.807) is 17.2 Å². The molecule has 1 fully saturated rings. The van der Waals surface area contributed by atoms with Gasteiger partial charge in [0.1, 0.15) is 5.82 Å². The van der Waals surface area contributed by atoms with Gasteiger partial charge in [-0.05, 0) is 39.5 Å². The molecule has 0 aliphatic carbocycles. The Morgan fingerprint density at radius 2 is 1.92 bits per heavy atom. The second-order valence-electron chi connectivity index (χ2n) is 6.25. The van der Waals surface area contributed by atoms with Crippen molar-refractivity contribution in [2.24, 2.45) is 5.92 Å². The third kappa shape index (κ3) is 3.20. The van der Waals surface area contributed by atoms with Gasteiger partial charge in [0.05, 0.1) is 11.6 Å². The highest BCUT2D eigenvalue weighted by Gasteiger charge is 2.35. The lowest BCUT2D eigenvalue weighted by Gasteiger charge is -2.19. The zero-order valence-electron chi connectivity index (χ0n) is 13.9. The molecule has 0 radical (unpaired) electrons. The van der Waals surface area contributed by atoms with Crippen LogP contribution in [0, 0.1) is 5.92 Å². The Balaban J connectivity index is 1.55. The molecule has 2 heterocycles. The number of anilines is 2. The normalized spacial score (nSPS) is 16.9. The summed E-state index contributed by atoms with van der Waals surface area (Å²) >= 11 is 3.31. The van der Waals surface area contributed by atoms with Gasteiger partial charge in [-0.25, -0.2) is 4.98 Å². The van der Waals surface area contributed by atoms with Crippen molar-refractivity contribution in [2.45, 2.75) is 6.42 Å². The summed E-state index contributed by atoms with van der Waals surface area (Å²) in [5, 5.41) is 4.88. The number of nitrogens with zero attached hydrogens (tertiary/aromatic N) is 2. The third-order valence-electron chi connectivity index (χ3n) is 4.53. The van der Waals surface area contributed by atoms with E-state index >= 15 is 0 Å². The van der Waals surface area contributed by atoms with Crippen molar-refractivity contribution in [2.75, 3.05) is 16.8 Å². The van der Waals surface area contributed by atoms with Crippen LogP contribution in [-0.4, -0.2) is 23.3 Å². The van der Waals surface area contributed by atoms with Crippen LogP contribution in [0.5, 0.6) is 0 Å². The predicted octanol–water partition coefficient (Wildman–Crippen LogP) is 3.99. The predicted molar refractivity (Wildman–Crippen MR) is 105 cm³/mol. The first-order valence-electron chi connectivity index (χ1n) is 8.32. The van der Waals surface area contributed by atoms with E-state index in [9.17, 15) is 9.59 Å². The van der Waals surface area contributed by atoms with Gasteiger partial charge in [0.15, 0.2) is 0 Å². The lowest BCUT2D eigenvalue weighted by atomic mass is 10.1. The molecule has 1 saturated heterocycles. The molecular formula is C20H16BrN3O2. The molecule has 1 aliphatic rings. The number of halogens is 1. The minimum atomic E-state index is -0.396. The molecule has 1 N–H and O–H groups in total. The number of carbonyl (C=O) groups is 2. The summed E-state index contributed by atoms with van der Waals surface area (Å²) in [5.41, 5.74) is 0.852. The average molecular weight is 410 g/mol. The van der Waals surface area contributed by atoms with E-state index in [0.717, 1.165) is 20.9 Å². The minimum Gasteiger partial charge on any atom is -0.311 e. The Bertz CT molecular complexity index is 983. The van der Waals surface area contributed by atoms with Crippen LogP contribution >= 0.6 is 15.9 Å². The quantitative estimate of drug-likeness (QED) is 0.711. The van der Waals surface area contributed by atoms with Gasteiger partial charge in [0.2, 0.25) is 11.8 Å². The second kappa shape index (κ2) is 6.88. The van der Waals surface area contributed by atoms with Gasteiger partial charge in [0.25, 0.3) is 0 Å². The van der Waals surface area contributed by atoms with Crippen molar-refractivity contribution < 1.29 is 9.59 Å². The van der Waals surface area contributed by atoms with Crippen molar-refractivity contribution in [3.8, 4) is 0 Å². The number of carbonyl (C=O) groups excluding carboxylic acids is 2. The van der Waals surface area contributed by atoms with E-state index < -0.39 is 5.92 Å². The Kier molecular flexibility index (Phi) is 4.42. The molecule has 3 aromatic rings. The molecule has 2 amide bonds. The number of fused-ring (bicyclic) bond motifs is 1. The molecule has 5 nitrogen and oxygen atoms in total. The van der Waals surface area contributed by atoms with Gasteiger partial charge in [-0.1, -0.05) is 36.4 Å². The fourth-order valence-electron chi connectivity index (χ4n) is 3.24. The Hall–Kier alpha value is -2.73. The second-order valence-corrected chi connectivity index (χ2v) is 7.17. The number of pyridine rings is 1. The SMILES string of the molecule is O=C(Nc1ccc(Br)cn1)C1CC(=O)N(c2cccc3ccccc23)C1. The Morgan fingerprint density at radius 3 is 2.73 bits per heavy atom. The van der Waals surface area contributed by atoms with Crippen LogP contribution in [0.1, 0.15) is 6.42 Å². The van der Waals surface area contributed by atoms with Crippen molar-refractivity contribution in [3.05, 3.63) is 65.3 Å². The number of amides is 2. The maximum Gasteiger partial charge on any atom is 0.230 e. The van der Waals surface area contributed by atoms with Crippen molar-refractivity contribution >= 4 is 50.0 Å². The highest BCUT2D eigenvalue weighted by atomic mass is 79.9. The zero-order chi connectivity index (χ0) is 18.1. The van der Waals surface area contributed by atoms with Gasteiger partial charge in [-0.3, -0.25) is 9.59 Å². The fourth-order valence-corrected chi connectivity index (χ4v) is 3.47. The summed E-state index contributed by atoms with van der Waals surface area (Å²) in [4.78, 5) is 31.0. The summed E-state index contributed by atoms with van der Waals surface area (Å²) in [7, 11) is 0. The van der Waals surface area contributed by atoms with Gasteiger partial charge in [-0.15, -0.1) is 0 Å². The van der Waals surface area contributed by atoms with E-state index in [2.05, 4.69) is 26.2 Å². The average Bonchev–Trinajstić information content (AvgIpc) is 3.05. The number of hydrogen-bond acceptors (Lipinski definition) is 3. The largest absolute Gasteiger partial charge is 0.311 e. The summed E-state index contributed by atoms with van der Waals surface area (Å²) in [6.45, 7) is 0.370. The minimum absolute atomic E-state index is 0.0368. The van der Waals surface area contributed by atoms with Gasteiger partial charge in [0, 0.05) is 29.0 Å². The van der Waals surface area contributed by atoms with Crippen molar-refractivity contribution in [1.29, 1.82) is 0 Å². The molecule has 26 heavy (non-hydrogen) atoms. The molecule has 1 aliphatic heterocycles. The van der Waals surface area contributed by atoms with E-state index in [1.807, 2.05) is 48.5 Å². The summed E-state index contributed by atoms with van der Waals surface area (Å²) in [6, 6.07) is 17.4. The summed E-state index contributed by atoms with van der Waals surface area (Å²) < 4.78 is 0.841. The van der Waals surface area contributed by atoms with Crippen molar-refractivity contribution in [1.82, 2.24) is 4.98 Å². The molecule has 6 heteroatoms. The number of aromatic nitrogens is 1. The maximum absolute atomic E-state index is 12.6. The molecule has 1 aromatic heterocycles. The molecule has 0 saturated carbocycles. The molecule has 0 bridgehead atoms. The fraction of sp³-hybridized carbons (Fsp3) is 0.150. The molecular weight excluding hydrogens is 394 g/mol. The molecule has 4 rings (SSSR count). The Morgan fingerprint density at radius 1 is 1.12 bits per heavy atom. The number of nitrogens with one attached hydrogen (secondary N) is 1. The van der Waals surface area contributed by atoms with Crippen molar-refractivity contribution in [3.63, 3.8) is 0 Å². The topological polar surface area (TPSA) is 62.3 Å². The first-order valence-corrected chi connectivity index (χ1v) is 9.11. The highest BCUT2D eigenvalue weighted by Crippen LogP contribution is 2.32. The van der Waals surface area contributed by atoms with Crippen LogP contribution in [0.2, 0.25) is 0 Å². The van der Waals surface area contributed by atoms with Crippen LogP contribution in [-0.2, 0) is 9.59 Å². The third-order valence-corrected chi connectivity index (χ3v) is 5.00. The first kappa shape index (κ1) is 16.7. The Labute approximate surface area is 159 Å². The van der Waals surface area contributed by atoms with Crippen LogP contribution in [0.3, 0.4) is 0 Å². The lowest BCUT2D eigenvalue weighted by molar-refractivity contribution is -0.122. The molecule has 1 atom stereocenters. The highest BCUT2D eigenvalue weighted by molar-refractivity contribution is 9.10. The standard InChI is InChI=1S/C20H16BrN3O2/c21-15-8-9-18(22-11-15)23-20(26)14-10-19(25)24(12-14)17-7-3-5-13-4-1-2-6-16(13)17/h1-9,11,14H,10,12H2,(H,22,23,26). The van der Waals surface area contributed by atoms with E-state index in [1.165, 1.54) is 0 Å². The molecule has 1 unspecified atom stereocenters. The van der Waals surface area contributed by atoms with Gasteiger partial charge < -0.3 is 10.2 Å². The van der Waals surface area contributed by atoms with Crippen LogP contribution in [0.15, 0.2) is 65.3 Å².